The van der Waals surface area contributed by atoms with Gasteiger partial charge in [0.2, 0.25) is 0 Å². The molecule has 0 amide bonds. The molecule has 3 saturated heterocycles. The number of rotatable bonds is 9. The zero-order valence-electron chi connectivity index (χ0n) is 79.6. The number of allylic oxidation sites excluding steroid dienone is 6. The molecule has 0 spiro atoms. The fourth-order valence-electron chi connectivity index (χ4n) is 19.4. The Morgan fingerprint density at radius 2 is 0.657 bits per heavy atom. The van der Waals surface area contributed by atoms with E-state index in [0.29, 0.717) is 92.9 Å². The molecule has 3 atom stereocenters. The van der Waals surface area contributed by atoms with Crippen LogP contribution in [0, 0.1) is 54.5 Å². The molecule has 0 aliphatic carbocycles. The van der Waals surface area contributed by atoms with Gasteiger partial charge in [-0.3, -0.25) is 0 Å². The second-order valence-electron chi connectivity index (χ2n) is 40.9. The fraction of sp³-hybridized carbons (Fsp3) is 0.481. The highest BCUT2D eigenvalue weighted by atomic mass is 32.1. The minimum atomic E-state index is -1.21. The van der Waals surface area contributed by atoms with Gasteiger partial charge in [-0.15, -0.1) is 34.0 Å². The number of thiazole rings is 3. The van der Waals surface area contributed by atoms with E-state index < -0.39 is 53.0 Å². The van der Waals surface area contributed by atoms with Crippen LogP contribution < -0.4 is 14.7 Å². The van der Waals surface area contributed by atoms with Crippen molar-refractivity contribution in [2.24, 2.45) is 16.2 Å². The standard InChI is InChI=1S/2C35H42FN5O3S.C34H40FN5O3S/c2*1-22-29(30(33(42)43)44-34(2,3)4)32-40-16-14-35(5,15-17-40)13-9-7-6-8-10-23-11-12-25(36)18-24(23)19-26-21-37-31(45-26)27-20-28(38-22)41(32)39-27;1-21-28(29(32(41)42)43-33(2,3)4)31-39-15-13-34(5,14-16-39)12-8-6-7-9-22-10-11-24(35)17-23(22)18-25-20-36-30(44-25)26-19-27(37-21)40(31)38-26/h2*6-7,11-12,18,20-21,30H,8-10,13-17,19H2,1-5H3,(H,42,43);6,8,10-11,17,19-20,29H,7,9,12-16,18H2,1-5H3,(H,41,42)/b7-6+;7-6-;8-6+/t2*30-;29-/m000/s1. The van der Waals surface area contributed by atoms with Crippen LogP contribution in [0.1, 0.15) is 273 Å². The number of piperidine rings is 3. The summed E-state index contributed by atoms with van der Waals surface area (Å²) in [6.07, 6.45) is 33.5. The average Bonchev–Trinajstić information content (AvgIpc) is 1.43. The van der Waals surface area contributed by atoms with Gasteiger partial charge in [0.15, 0.2) is 35.3 Å². The van der Waals surface area contributed by atoms with Gasteiger partial charge in [0.25, 0.3) is 0 Å². The number of aromatic nitrogens is 12. The predicted octanol–water partition coefficient (Wildman–Crippen LogP) is 22.8. The summed E-state index contributed by atoms with van der Waals surface area (Å²) in [4.78, 5) is 76.7. The maximum atomic E-state index is 14.3. The van der Waals surface area contributed by atoms with Crippen LogP contribution in [0.25, 0.3) is 49.0 Å². The summed E-state index contributed by atoms with van der Waals surface area (Å²) in [6.45, 7) is 34.0. The Labute approximate surface area is 793 Å². The second-order valence-corrected chi connectivity index (χ2v) is 44.3. The van der Waals surface area contributed by atoms with Crippen molar-refractivity contribution in [2.45, 2.75) is 267 Å². The van der Waals surface area contributed by atoms with E-state index in [9.17, 15) is 42.9 Å². The number of carboxylic acids is 3. The topological polar surface area (TPSA) is 279 Å². The highest BCUT2D eigenvalue weighted by molar-refractivity contribution is 7.15. The van der Waals surface area contributed by atoms with Crippen LogP contribution >= 0.6 is 34.0 Å². The quantitative estimate of drug-likeness (QED) is 0.113. The van der Waals surface area contributed by atoms with Crippen LogP contribution in [0.5, 0.6) is 0 Å². The Hall–Kier alpha value is -10.9. The number of benzene rings is 3. The van der Waals surface area contributed by atoms with Crippen molar-refractivity contribution in [3.8, 4) is 32.1 Å². The number of hydrogen-bond donors (Lipinski definition) is 3. The lowest BCUT2D eigenvalue weighted by Gasteiger charge is -2.41. The SMILES string of the molecule is Cc1nc2cc3nn2c(c1[C@H](OC(C)(C)C)C(=O)O)N1CCC(C)(C/C=C/CCc2ccc(F)cc2Cc2cnc-3s2)CC1.Cc1nc2cc3nn2c(c1[C@H](OC(C)(C)C)C(=O)O)N1CCC(C)(CC/C=C/CCc2ccc(F)cc2Cc2cnc-3s2)CC1.Cc1nc2cc3nn2c(c1[C@H](OC(C)(C)C)C(=O)O)N1CCC(C)(CC/C=C\CCc2ccc(F)cc2Cc2cnc-3s2)CC1. The highest BCUT2D eigenvalue weighted by Gasteiger charge is 2.43. The zero-order chi connectivity index (χ0) is 95.1. The molecule has 3 fully saturated rings. The largest absolute Gasteiger partial charge is 0.479 e. The zero-order valence-corrected chi connectivity index (χ0v) is 82.0. The van der Waals surface area contributed by atoms with Crippen molar-refractivity contribution in [1.29, 1.82) is 0 Å². The average molecular weight is 1880 g/mol. The molecule has 18 heterocycles. The molecule has 9 aliphatic rings. The predicted molar refractivity (Wildman–Crippen MR) is 522 cm³/mol. The Morgan fingerprint density at radius 1 is 0.381 bits per heavy atom. The molecule has 0 unspecified atom stereocenters. The molecule has 12 aromatic rings. The van der Waals surface area contributed by atoms with Gasteiger partial charge >= 0.3 is 17.9 Å². The molecule has 18 bridgehead atoms. The summed E-state index contributed by atoms with van der Waals surface area (Å²) in [5.41, 5.74) is 12.1. The molecule has 21 rings (SSSR count). The maximum absolute atomic E-state index is 14.3. The lowest BCUT2D eigenvalue weighted by Crippen LogP contribution is -2.41. The molecular formula is C104H124F3N15O9S3. The first-order valence-electron chi connectivity index (χ1n) is 47.0. The Balaban J connectivity index is 0.000000146. The van der Waals surface area contributed by atoms with E-state index in [1.165, 1.54) is 34.0 Å². The van der Waals surface area contributed by atoms with E-state index in [4.69, 9.17) is 59.4 Å². The number of carboxylic acid groups (broad SMARTS) is 3. The number of halogens is 3. The number of aryl methyl sites for hydroxylation is 6. The molecule has 24 nitrogen and oxygen atoms in total. The lowest BCUT2D eigenvalue weighted by molar-refractivity contribution is -0.161. The van der Waals surface area contributed by atoms with Gasteiger partial charge in [-0.2, -0.15) is 28.8 Å². The summed E-state index contributed by atoms with van der Waals surface area (Å²) >= 11 is 4.60. The van der Waals surface area contributed by atoms with Crippen molar-refractivity contribution in [3.05, 3.63) is 227 Å². The number of ether oxygens (including phenoxy) is 3. The lowest BCUT2D eigenvalue weighted by atomic mass is 9.76. The highest BCUT2D eigenvalue weighted by Crippen LogP contribution is 2.48. The molecule has 134 heavy (non-hydrogen) atoms. The second kappa shape index (κ2) is 39.4. The number of anilines is 3. The van der Waals surface area contributed by atoms with Gasteiger partial charge < -0.3 is 44.2 Å². The van der Waals surface area contributed by atoms with Gasteiger partial charge in [-0.1, -0.05) is 75.4 Å². The van der Waals surface area contributed by atoms with E-state index in [1.54, 1.807) is 49.9 Å². The van der Waals surface area contributed by atoms with Gasteiger partial charge in [0, 0.05) is 127 Å². The van der Waals surface area contributed by atoms with E-state index in [2.05, 4.69) is 71.9 Å². The molecule has 3 aromatic carbocycles. The van der Waals surface area contributed by atoms with E-state index in [1.807, 2.05) is 138 Å². The molecule has 9 aliphatic heterocycles. The summed E-state index contributed by atoms with van der Waals surface area (Å²) < 4.78 is 66.8. The third-order valence-corrected chi connectivity index (χ3v) is 29.8. The molecule has 0 radical (unpaired) electrons. The van der Waals surface area contributed by atoms with Crippen LogP contribution in [0.3, 0.4) is 0 Å². The molecule has 0 saturated carbocycles. The fourth-order valence-corrected chi connectivity index (χ4v) is 22.0. The Morgan fingerprint density at radius 3 is 0.940 bits per heavy atom. The maximum Gasteiger partial charge on any atom is 0.337 e. The summed E-state index contributed by atoms with van der Waals surface area (Å²) in [7, 11) is 0. The summed E-state index contributed by atoms with van der Waals surface area (Å²) in [6, 6.07) is 21.0. The Bertz CT molecular complexity index is 6180. The number of aliphatic carboxylic acids is 3. The van der Waals surface area contributed by atoms with Crippen molar-refractivity contribution in [3.63, 3.8) is 0 Å². The van der Waals surface area contributed by atoms with Gasteiger partial charge in [0.1, 0.15) is 67.0 Å². The number of nitrogens with zero attached hydrogens (tertiary/aromatic N) is 15. The number of fused-ring (bicyclic) bond motifs is 17. The van der Waals surface area contributed by atoms with E-state index >= 15 is 0 Å². The van der Waals surface area contributed by atoms with Crippen LogP contribution in [-0.2, 0) is 67.1 Å². The van der Waals surface area contributed by atoms with Crippen molar-refractivity contribution >= 4 is 86.3 Å². The van der Waals surface area contributed by atoms with Crippen LogP contribution in [0.2, 0.25) is 0 Å². The van der Waals surface area contributed by atoms with Crippen molar-refractivity contribution < 1.29 is 57.1 Å². The first-order valence-corrected chi connectivity index (χ1v) is 49.4. The van der Waals surface area contributed by atoms with Gasteiger partial charge in [0.05, 0.1) is 33.5 Å². The molecular weight excluding hydrogens is 1760 g/mol. The smallest absolute Gasteiger partial charge is 0.337 e. The number of hydrogen-bond acceptors (Lipinski definition) is 21. The molecule has 3 N–H and O–H groups in total. The van der Waals surface area contributed by atoms with E-state index in [0.717, 1.165) is 223 Å². The Kier molecular flexibility index (Phi) is 28.3. The van der Waals surface area contributed by atoms with Crippen molar-refractivity contribution in [2.75, 3.05) is 54.0 Å². The van der Waals surface area contributed by atoms with Gasteiger partial charge in [-0.25, -0.2) is 57.5 Å². The first-order chi connectivity index (χ1) is 63.7. The minimum absolute atomic E-state index is 0.124. The number of carbonyl (C=O) groups is 3. The normalized spacial score (nSPS) is 18.5. The van der Waals surface area contributed by atoms with Gasteiger partial charge in [-0.05, 0) is 278 Å². The molecule has 9 aromatic heterocycles. The molecule has 30 heteroatoms. The minimum Gasteiger partial charge on any atom is -0.479 e. The van der Waals surface area contributed by atoms with Crippen molar-refractivity contribution in [1.82, 2.24) is 58.7 Å². The van der Waals surface area contributed by atoms with Crippen LogP contribution in [-0.4, -0.2) is 148 Å². The summed E-state index contributed by atoms with van der Waals surface area (Å²) in [5.74, 6) is -1.72. The third kappa shape index (κ3) is 22.4. The monoisotopic (exact) mass is 1880 g/mol. The van der Waals surface area contributed by atoms with Crippen LogP contribution in [0.4, 0.5) is 30.6 Å². The third-order valence-electron chi connectivity index (χ3n) is 26.7. The van der Waals surface area contributed by atoms with E-state index in [-0.39, 0.29) is 33.7 Å². The van der Waals surface area contributed by atoms with Crippen LogP contribution in [0.15, 0.2) is 128 Å². The molecule has 708 valence electrons. The summed E-state index contributed by atoms with van der Waals surface area (Å²) in [5, 5.41) is 48.5. The first kappa shape index (κ1) is 96.2.